The van der Waals surface area contributed by atoms with Crippen molar-refractivity contribution in [3.8, 4) is 5.75 Å². The minimum Gasteiger partial charge on any atom is -0.484 e. The van der Waals surface area contributed by atoms with Crippen LogP contribution >= 0.6 is 0 Å². The van der Waals surface area contributed by atoms with E-state index in [0.29, 0.717) is 6.07 Å². The molecule has 0 saturated heterocycles. The van der Waals surface area contributed by atoms with Crippen molar-refractivity contribution in [1.82, 2.24) is 0 Å². The second-order valence-electron chi connectivity index (χ2n) is 6.67. The largest absolute Gasteiger partial charge is 0.484 e. The molecule has 0 fully saturated rings. The van der Waals surface area contributed by atoms with Gasteiger partial charge in [-0.1, -0.05) is 0 Å². The number of anilines is 2. The molecule has 1 amide bonds. The van der Waals surface area contributed by atoms with Gasteiger partial charge in [0.15, 0.2) is 11.6 Å². The van der Waals surface area contributed by atoms with Crippen molar-refractivity contribution in [2.24, 2.45) is 5.73 Å². The SMILES string of the molecule is C[C@H](N)[C@@H]1Oc2ccc(NC(=O)O)cc2N(S(=O)(=O)c2ccc(F)c(F)c2)[C@@H]1C. The molecule has 0 bridgehead atoms. The number of amides is 1. The van der Waals surface area contributed by atoms with Gasteiger partial charge in [-0.3, -0.25) is 9.62 Å². The highest BCUT2D eigenvalue weighted by Crippen LogP contribution is 2.42. The van der Waals surface area contributed by atoms with Crippen LogP contribution in [0.1, 0.15) is 13.8 Å². The Morgan fingerprint density at radius 3 is 2.52 bits per heavy atom. The molecule has 1 aliphatic rings. The lowest BCUT2D eigenvalue weighted by atomic mass is 10.0. The molecule has 8 nitrogen and oxygen atoms in total. The Kier molecular flexibility index (Phi) is 5.37. The molecule has 156 valence electrons. The molecule has 3 atom stereocenters. The zero-order valence-electron chi connectivity index (χ0n) is 15.5. The summed E-state index contributed by atoms with van der Waals surface area (Å²) in [5, 5.41) is 11.1. The number of hydrogen-bond acceptors (Lipinski definition) is 5. The molecule has 3 rings (SSSR count). The van der Waals surface area contributed by atoms with Gasteiger partial charge in [0.2, 0.25) is 0 Å². The summed E-state index contributed by atoms with van der Waals surface area (Å²) < 4.78 is 60.5. The third kappa shape index (κ3) is 3.83. The van der Waals surface area contributed by atoms with E-state index >= 15 is 0 Å². The van der Waals surface area contributed by atoms with Crippen molar-refractivity contribution in [2.45, 2.75) is 36.9 Å². The van der Waals surface area contributed by atoms with Gasteiger partial charge in [-0.25, -0.2) is 22.0 Å². The second kappa shape index (κ2) is 7.48. The van der Waals surface area contributed by atoms with E-state index in [2.05, 4.69) is 5.32 Å². The van der Waals surface area contributed by atoms with Gasteiger partial charge in [-0.2, -0.15) is 0 Å². The van der Waals surface area contributed by atoms with Crippen molar-refractivity contribution in [1.29, 1.82) is 0 Å². The standard InChI is InChI=1S/C18H19F2N3O5S/c1-9(21)17-10(2)23(29(26,27)12-4-5-13(19)14(20)8-12)15-7-11(22-18(24)25)3-6-16(15)28-17/h3-10,17,22H,21H2,1-2H3,(H,24,25)/t9-,10+,17-/m0/s1. The van der Waals surface area contributed by atoms with E-state index in [1.165, 1.54) is 18.2 Å². The smallest absolute Gasteiger partial charge is 0.409 e. The molecule has 1 aliphatic heterocycles. The van der Waals surface area contributed by atoms with Crippen molar-refractivity contribution < 1.29 is 31.8 Å². The number of nitrogens with zero attached hydrogens (tertiary/aromatic N) is 1. The van der Waals surface area contributed by atoms with E-state index in [0.717, 1.165) is 16.4 Å². The minimum atomic E-state index is -4.36. The summed E-state index contributed by atoms with van der Waals surface area (Å²) >= 11 is 0. The lowest BCUT2D eigenvalue weighted by molar-refractivity contribution is 0.144. The predicted molar refractivity (Wildman–Crippen MR) is 102 cm³/mol. The van der Waals surface area contributed by atoms with Crippen LogP contribution in [0.25, 0.3) is 0 Å². The lowest BCUT2D eigenvalue weighted by Gasteiger charge is -2.42. The molecule has 0 spiro atoms. The van der Waals surface area contributed by atoms with E-state index in [1.54, 1.807) is 13.8 Å². The Balaban J connectivity index is 2.19. The van der Waals surface area contributed by atoms with Crippen LogP contribution in [-0.4, -0.2) is 37.8 Å². The van der Waals surface area contributed by atoms with E-state index in [-0.39, 0.29) is 17.1 Å². The van der Waals surface area contributed by atoms with E-state index < -0.39 is 50.8 Å². The number of carboxylic acid groups (broad SMARTS) is 1. The van der Waals surface area contributed by atoms with Crippen LogP contribution in [0.3, 0.4) is 0 Å². The number of fused-ring (bicyclic) bond motifs is 1. The summed E-state index contributed by atoms with van der Waals surface area (Å²) in [5.41, 5.74) is 6.11. The molecule has 0 saturated carbocycles. The third-order valence-corrected chi connectivity index (χ3v) is 6.42. The van der Waals surface area contributed by atoms with Gasteiger partial charge in [-0.05, 0) is 50.2 Å². The number of hydrogen-bond donors (Lipinski definition) is 3. The summed E-state index contributed by atoms with van der Waals surface area (Å²) in [6, 6.07) is 4.99. The Hall–Kier alpha value is -2.92. The highest BCUT2D eigenvalue weighted by atomic mass is 32.2. The van der Waals surface area contributed by atoms with Crippen molar-refractivity contribution >= 4 is 27.5 Å². The number of carbonyl (C=O) groups is 1. The molecule has 0 unspecified atom stereocenters. The summed E-state index contributed by atoms with van der Waals surface area (Å²) in [6.45, 7) is 3.21. The van der Waals surface area contributed by atoms with Crippen LogP contribution in [0.4, 0.5) is 25.0 Å². The molecule has 11 heteroatoms. The van der Waals surface area contributed by atoms with Crippen LogP contribution < -0.4 is 20.1 Å². The van der Waals surface area contributed by atoms with Gasteiger partial charge in [0, 0.05) is 11.7 Å². The number of halogens is 2. The number of ether oxygens (including phenoxy) is 1. The average Bonchev–Trinajstić information content (AvgIpc) is 2.62. The van der Waals surface area contributed by atoms with E-state index in [4.69, 9.17) is 15.6 Å². The maximum absolute atomic E-state index is 13.7. The van der Waals surface area contributed by atoms with Gasteiger partial charge in [0.25, 0.3) is 10.0 Å². The maximum atomic E-state index is 13.7. The minimum absolute atomic E-state index is 0.0467. The topological polar surface area (TPSA) is 122 Å². The first-order chi connectivity index (χ1) is 13.5. The van der Waals surface area contributed by atoms with Crippen LogP contribution in [0, 0.1) is 11.6 Å². The monoisotopic (exact) mass is 427 g/mol. The summed E-state index contributed by atoms with van der Waals surface area (Å²) in [5.74, 6) is -2.33. The number of nitrogens with two attached hydrogens (primary N) is 1. The number of nitrogens with one attached hydrogen (secondary N) is 1. The third-order valence-electron chi connectivity index (χ3n) is 4.52. The summed E-state index contributed by atoms with van der Waals surface area (Å²) in [4.78, 5) is 10.5. The van der Waals surface area contributed by atoms with Crippen LogP contribution in [0.5, 0.6) is 5.75 Å². The molecule has 4 N–H and O–H groups in total. The average molecular weight is 427 g/mol. The van der Waals surface area contributed by atoms with Crippen molar-refractivity contribution in [3.05, 3.63) is 48.0 Å². The molecule has 0 radical (unpaired) electrons. The van der Waals surface area contributed by atoms with E-state index in [1.807, 2.05) is 0 Å². The zero-order chi connectivity index (χ0) is 21.5. The van der Waals surface area contributed by atoms with Crippen LogP contribution in [0.15, 0.2) is 41.3 Å². The Bertz CT molecular complexity index is 1060. The number of benzene rings is 2. The fourth-order valence-corrected chi connectivity index (χ4v) is 4.91. The molecule has 2 aromatic carbocycles. The van der Waals surface area contributed by atoms with Gasteiger partial charge in [0.1, 0.15) is 11.9 Å². The lowest BCUT2D eigenvalue weighted by Crippen LogP contribution is -2.56. The van der Waals surface area contributed by atoms with Crippen LogP contribution in [-0.2, 0) is 10.0 Å². The molecule has 0 aromatic heterocycles. The first kappa shape index (κ1) is 20.8. The van der Waals surface area contributed by atoms with E-state index in [9.17, 15) is 22.0 Å². The normalized spacial score (nSPS) is 19.8. The molecule has 29 heavy (non-hydrogen) atoms. The fraction of sp³-hybridized carbons (Fsp3) is 0.278. The van der Waals surface area contributed by atoms with Gasteiger partial charge >= 0.3 is 6.09 Å². The number of rotatable bonds is 4. The second-order valence-corrected chi connectivity index (χ2v) is 8.49. The predicted octanol–water partition coefficient (Wildman–Crippen LogP) is 2.75. The first-order valence-corrected chi connectivity index (χ1v) is 10.0. The molecule has 0 aliphatic carbocycles. The fourth-order valence-electron chi connectivity index (χ4n) is 3.23. The Morgan fingerprint density at radius 2 is 1.93 bits per heavy atom. The molecular formula is C18H19F2N3O5S. The number of sulfonamides is 1. The molecule has 1 heterocycles. The van der Waals surface area contributed by atoms with Crippen LogP contribution in [0.2, 0.25) is 0 Å². The summed E-state index contributed by atoms with van der Waals surface area (Å²) in [6.07, 6.45) is -2.07. The highest BCUT2D eigenvalue weighted by Gasteiger charge is 2.42. The van der Waals surface area contributed by atoms with Gasteiger partial charge in [-0.15, -0.1) is 0 Å². The maximum Gasteiger partial charge on any atom is 0.409 e. The Labute approximate surface area is 165 Å². The quantitative estimate of drug-likeness (QED) is 0.690. The molecule has 2 aromatic rings. The van der Waals surface area contributed by atoms with Crippen molar-refractivity contribution in [2.75, 3.05) is 9.62 Å². The molecular weight excluding hydrogens is 408 g/mol. The van der Waals surface area contributed by atoms with Crippen molar-refractivity contribution in [3.63, 3.8) is 0 Å². The Morgan fingerprint density at radius 1 is 1.24 bits per heavy atom. The van der Waals surface area contributed by atoms with Gasteiger partial charge in [0.05, 0.1) is 16.6 Å². The van der Waals surface area contributed by atoms with Gasteiger partial charge < -0.3 is 15.6 Å². The highest BCUT2D eigenvalue weighted by molar-refractivity contribution is 7.92. The first-order valence-electron chi connectivity index (χ1n) is 8.58. The summed E-state index contributed by atoms with van der Waals surface area (Å²) in [7, 11) is -4.36. The zero-order valence-corrected chi connectivity index (χ0v) is 16.3.